The van der Waals surface area contributed by atoms with Gasteiger partial charge in [0, 0.05) is 13.0 Å². The van der Waals surface area contributed by atoms with E-state index in [1.54, 1.807) is 0 Å². The van der Waals surface area contributed by atoms with Crippen LogP contribution in [0.15, 0.2) is 48.5 Å². The van der Waals surface area contributed by atoms with Crippen molar-refractivity contribution in [3.05, 3.63) is 59.7 Å². The Hall–Kier alpha value is -2.53. The van der Waals surface area contributed by atoms with Gasteiger partial charge in [0.15, 0.2) is 0 Å². The molecule has 162 valence electrons. The molecule has 3 rings (SSSR count). The van der Waals surface area contributed by atoms with E-state index in [1.807, 2.05) is 25.1 Å². The summed E-state index contributed by atoms with van der Waals surface area (Å²) in [6.07, 6.45) is 4.07. The summed E-state index contributed by atoms with van der Waals surface area (Å²) in [5.41, 5.74) is 2.40. The molecule has 2 aromatic carbocycles. The van der Waals surface area contributed by atoms with E-state index >= 15 is 0 Å². The van der Waals surface area contributed by atoms with Crippen LogP contribution < -0.4 is 9.47 Å². The summed E-state index contributed by atoms with van der Waals surface area (Å²) in [4.78, 5) is 13.9. The number of nitrogens with zero attached hydrogens (tertiary/aromatic N) is 1. The average Bonchev–Trinajstić information content (AvgIpc) is 3.29. The molecule has 1 atom stereocenters. The summed E-state index contributed by atoms with van der Waals surface area (Å²) >= 11 is 0. The Morgan fingerprint density at radius 1 is 1.00 bits per heavy atom. The number of rotatable bonds is 11. The minimum Gasteiger partial charge on any atom is -0.494 e. The van der Waals surface area contributed by atoms with Gasteiger partial charge in [0.05, 0.1) is 19.6 Å². The third-order valence-corrected chi connectivity index (χ3v) is 5.58. The van der Waals surface area contributed by atoms with Crippen LogP contribution in [-0.4, -0.2) is 50.8 Å². The van der Waals surface area contributed by atoms with Crippen molar-refractivity contribution in [3.63, 3.8) is 0 Å². The maximum Gasteiger partial charge on any atom is 0.308 e. The highest BCUT2D eigenvalue weighted by molar-refractivity contribution is 5.71. The quantitative estimate of drug-likeness (QED) is 0.515. The standard InChI is InChI=1S/C25H33NO4/c1-20(25(27)28-2)13-17-29-23-11-9-21(10-12-23)19-22-7-3-4-8-24(22)30-18-16-26-14-5-6-15-26/h3-4,7-12,20H,5-6,13-19H2,1-2H3. The van der Waals surface area contributed by atoms with Gasteiger partial charge in [0.25, 0.3) is 0 Å². The van der Waals surface area contributed by atoms with E-state index in [0.29, 0.717) is 13.0 Å². The van der Waals surface area contributed by atoms with Gasteiger partial charge in [0.2, 0.25) is 0 Å². The van der Waals surface area contributed by atoms with Crippen LogP contribution >= 0.6 is 0 Å². The van der Waals surface area contributed by atoms with Crippen molar-refractivity contribution in [2.24, 2.45) is 5.92 Å². The van der Waals surface area contributed by atoms with Gasteiger partial charge in [-0.3, -0.25) is 9.69 Å². The topological polar surface area (TPSA) is 48.0 Å². The molecule has 0 bridgehead atoms. The van der Waals surface area contributed by atoms with Gasteiger partial charge in [0.1, 0.15) is 18.1 Å². The number of esters is 1. The SMILES string of the molecule is COC(=O)C(C)CCOc1ccc(Cc2ccccc2OCCN2CCCC2)cc1. The number of para-hydroxylation sites is 1. The summed E-state index contributed by atoms with van der Waals surface area (Å²) in [5, 5.41) is 0. The van der Waals surface area contributed by atoms with Crippen LogP contribution in [0.25, 0.3) is 0 Å². The third-order valence-electron chi connectivity index (χ3n) is 5.58. The highest BCUT2D eigenvalue weighted by atomic mass is 16.5. The number of benzene rings is 2. The van der Waals surface area contributed by atoms with Crippen molar-refractivity contribution < 1.29 is 19.0 Å². The molecule has 0 radical (unpaired) electrons. The first-order valence-corrected chi connectivity index (χ1v) is 10.9. The van der Waals surface area contributed by atoms with Gasteiger partial charge in [-0.15, -0.1) is 0 Å². The highest BCUT2D eigenvalue weighted by Crippen LogP contribution is 2.23. The predicted molar refractivity (Wildman–Crippen MR) is 118 cm³/mol. The number of likely N-dealkylation sites (tertiary alicyclic amines) is 1. The monoisotopic (exact) mass is 411 g/mol. The predicted octanol–water partition coefficient (Wildman–Crippen LogP) is 4.33. The molecule has 1 unspecified atom stereocenters. The van der Waals surface area contributed by atoms with E-state index < -0.39 is 0 Å². The maximum atomic E-state index is 11.4. The fourth-order valence-corrected chi connectivity index (χ4v) is 3.68. The molecule has 1 saturated heterocycles. The van der Waals surface area contributed by atoms with Crippen LogP contribution in [0.2, 0.25) is 0 Å². The minimum absolute atomic E-state index is 0.156. The van der Waals surface area contributed by atoms with Gasteiger partial charge >= 0.3 is 5.97 Å². The first kappa shape index (κ1) is 22.2. The van der Waals surface area contributed by atoms with E-state index in [4.69, 9.17) is 14.2 Å². The van der Waals surface area contributed by atoms with Gasteiger partial charge in [-0.1, -0.05) is 37.3 Å². The van der Waals surface area contributed by atoms with E-state index in [1.165, 1.54) is 44.2 Å². The molecular formula is C25H33NO4. The molecule has 0 spiro atoms. The zero-order valence-electron chi connectivity index (χ0n) is 18.1. The molecule has 1 heterocycles. The van der Waals surface area contributed by atoms with Crippen LogP contribution in [-0.2, 0) is 16.0 Å². The second kappa shape index (κ2) is 11.6. The van der Waals surface area contributed by atoms with E-state index in [9.17, 15) is 4.79 Å². The summed E-state index contributed by atoms with van der Waals surface area (Å²) < 4.78 is 16.6. The first-order valence-electron chi connectivity index (χ1n) is 10.9. The minimum atomic E-state index is -0.199. The molecule has 1 aliphatic heterocycles. The Bertz CT molecular complexity index is 784. The lowest BCUT2D eigenvalue weighted by Crippen LogP contribution is -2.25. The van der Waals surface area contributed by atoms with Crippen molar-refractivity contribution in [3.8, 4) is 11.5 Å². The number of hydrogen-bond acceptors (Lipinski definition) is 5. The van der Waals surface area contributed by atoms with Gasteiger partial charge < -0.3 is 14.2 Å². The Morgan fingerprint density at radius 3 is 2.47 bits per heavy atom. The molecule has 5 heteroatoms. The Kier molecular flexibility index (Phi) is 8.57. The number of ether oxygens (including phenoxy) is 3. The molecule has 0 aromatic heterocycles. The van der Waals surface area contributed by atoms with Crippen LogP contribution in [0.5, 0.6) is 11.5 Å². The van der Waals surface area contributed by atoms with Gasteiger partial charge in [-0.25, -0.2) is 0 Å². The average molecular weight is 412 g/mol. The van der Waals surface area contributed by atoms with Crippen molar-refractivity contribution in [1.82, 2.24) is 4.90 Å². The fraction of sp³-hybridized carbons (Fsp3) is 0.480. The molecule has 0 amide bonds. The highest BCUT2D eigenvalue weighted by Gasteiger charge is 2.13. The number of carbonyl (C=O) groups excluding carboxylic acids is 1. The Balaban J connectivity index is 1.48. The number of hydrogen-bond donors (Lipinski definition) is 0. The van der Waals surface area contributed by atoms with Crippen molar-refractivity contribution in [2.75, 3.05) is 40.0 Å². The maximum absolute atomic E-state index is 11.4. The molecule has 30 heavy (non-hydrogen) atoms. The van der Waals surface area contributed by atoms with Crippen molar-refractivity contribution >= 4 is 5.97 Å². The molecular weight excluding hydrogens is 378 g/mol. The van der Waals surface area contributed by atoms with Crippen LogP contribution in [0.3, 0.4) is 0 Å². The number of carbonyl (C=O) groups is 1. The van der Waals surface area contributed by atoms with E-state index in [-0.39, 0.29) is 11.9 Å². The number of methoxy groups -OCH3 is 1. The van der Waals surface area contributed by atoms with Crippen LogP contribution in [0, 0.1) is 5.92 Å². The van der Waals surface area contributed by atoms with Gasteiger partial charge in [-0.05, 0) is 61.7 Å². The van der Waals surface area contributed by atoms with Gasteiger partial charge in [-0.2, -0.15) is 0 Å². The molecule has 2 aromatic rings. The molecule has 1 aliphatic rings. The second-order valence-electron chi connectivity index (χ2n) is 7.89. The smallest absolute Gasteiger partial charge is 0.308 e. The molecule has 0 saturated carbocycles. The van der Waals surface area contributed by atoms with E-state index in [2.05, 4.69) is 35.2 Å². The van der Waals surface area contributed by atoms with E-state index in [0.717, 1.165) is 31.1 Å². The summed E-state index contributed by atoms with van der Waals surface area (Å²) in [5.74, 6) is 1.42. The van der Waals surface area contributed by atoms with Crippen molar-refractivity contribution in [2.45, 2.75) is 32.6 Å². The lowest BCUT2D eigenvalue weighted by Gasteiger charge is -2.16. The summed E-state index contributed by atoms with van der Waals surface area (Å²) in [7, 11) is 1.41. The Morgan fingerprint density at radius 2 is 1.73 bits per heavy atom. The second-order valence-corrected chi connectivity index (χ2v) is 7.89. The first-order chi connectivity index (χ1) is 14.7. The lowest BCUT2D eigenvalue weighted by atomic mass is 10.0. The zero-order chi connectivity index (χ0) is 21.2. The van der Waals surface area contributed by atoms with Crippen LogP contribution in [0.4, 0.5) is 0 Å². The normalized spacial score (nSPS) is 15.0. The molecule has 0 N–H and O–H groups in total. The van der Waals surface area contributed by atoms with Crippen molar-refractivity contribution in [1.29, 1.82) is 0 Å². The molecule has 0 aliphatic carbocycles. The largest absolute Gasteiger partial charge is 0.494 e. The summed E-state index contributed by atoms with van der Waals surface area (Å²) in [6, 6.07) is 16.4. The van der Waals surface area contributed by atoms with Crippen LogP contribution in [0.1, 0.15) is 37.3 Å². The molecule has 1 fully saturated rings. The zero-order valence-corrected chi connectivity index (χ0v) is 18.1. The lowest BCUT2D eigenvalue weighted by molar-refractivity contribution is -0.145. The molecule has 5 nitrogen and oxygen atoms in total. The Labute approximate surface area is 179 Å². The fourth-order valence-electron chi connectivity index (χ4n) is 3.68. The third kappa shape index (κ3) is 6.77. The summed E-state index contributed by atoms with van der Waals surface area (Å²) in [6.45, 7) is 6.46.